The number of rotatable bonds is 3. The van der Waals surface area contributed by atoms with E-state index in [2.05, 4.69) is 33.4 Å². The molecule has 0 N–H and O–H groups in total. The first-order valence-electron chi connectivity index (χ1n) is 4.03. The van der Waals surface area contributed by atoms with Crippen molar-refractivity contribution in [1.82, 2.24) is 0 Å². The molecule has 0 amide bonds. The maximum atomic E-state index is 5.42. The van der Waals surface area contributed by atoms with Gasteiger partial charge in [0.05, 0.1) is 11.7 Å². The van der Waals surface area contributed by atoms with Gasteiger partial charge in [0, 0.05) is 0 Å². The van der Waals surface area contributed by atoms with Crippen LogP contribution < -0.4 is 0 Å². The third-order valence-corrected chi connectivity index (χ3v) is 2.14. The molecule has 62 valence electrons. The van der Waals surface area contributed by atoms with Crippen molar-refractivity contribution in [1.29, 1.82) is 0 Å². The summed E-state index contributed by atoms with van der Waals surface area (Å²) >= 11 is 0. The zero-order valence-corrected chi connectivity index (χ0v) is 7.55. The van der Waals surface area contributed by atoms with Crippen molar-refractivity contribution >= 4 is 0 Å². The van der Waals surface area contributed by atoms with E-state index >= 15 is 0 Å². The first kappa shape index (κ1) is 8.54. The largest absolute Gasteiger partial charge is 0.366 e. The minimum Gasteiger partial charge on any atom is -0.366 e. The molecule has 1 heterocycles. The van der Waals surface area contributed by atoms with Crippen LogP contribution in [-0.2, 0) is 4.74 Å². The van der Waals surface area contributed by atoms with Crippen molar-refractivity contribution < 1.29 is 4.74 Å². The molecule has 1 nitrogen and oxygen atoms in total. The summed E-state index contributed by atoms with van der Waals surface area (Å²) in [5.74, 6) is 0. The Morgan fingerprint density at radius 3 is 2.55 bits per heavy atom. The summed E-state index contributed by atoms with van der Waals surface area (Å²) in [6, 6.07) is 0. The second-order valence-corrected chi connectivity index (χ2v) is 3.60. The highest BCUT2D eigenvalue weighted by Crippen LogP contribution is 2.37. The number of epoxide rings is 1. The highest BCUT2D eigenvalue weighted by atomic mass is 16.6. The van der Waals surface area contributed by atoms with Gasteiger partial charge in [-0.2, -0.15) is 0 Å². The molecule has 0 unspecified atom stereocenters. The fourth-order valence-electron chi connectivity index (χ4n) is 1.04. The van der Waals surface area contributed by atoms with Gasteiger partial charge in [-0.05, 0) is 27.2 Å². The minimum atomic E-state index is 0.123. The quantitative estimate of drug-likeness (QED) is 0.447. The zero-order chi connectivity index (χ0) is 8.48. The zero-order valence-electron chi connectivity index (χ0n) is 7.55. The van der Waals surface area contributed by atoms with Crippen molar-refractivity contribution in [3.63, 3.8) is 0 Å². The predicted molar refractivity (Wildman–Crippen MR) is 47.5 cm³/mol. The van der Waals surface area contributed by atoms with Crippen molar-refractivity contribution in [2.45, 2.75) is 38.9 Å². The van der Waals surface area contributed by atoms with Crippen molar-refractivity contribution in [3.05, 3.63) is 24.3 Å². The van der Waals surface area contributed by atoms with E-state index in [1.165, 1.54) is 5.57 Å². The smallest absolute Gasteiger partial charge is 0.0902 e. The van der Waals surface area contributed by atoms with Crippen molar-refractivity contribution in [2.75, 3.05) is 0 Å². The molecule has 1 aliphatic heterocycles. The van der Waals surface area contributed by atoms with Crippen LogP contribution in [0.4, 0.5) is 0 Å². The maximum Gasteiger partial charge on any atom is 0.0902 e. The van der Waals surface area contributed by atoms with Gasteiger partial charge in [-0.25, -0.2) is 0 Å². The highest BCUT2D eigenvalue weighted by molar-refractivity contribution is 5.14. The third kappa shape index (κ3) is 2.19. The summed E-state index contributed by atoms with van der Waals surface area (Å²) in [5, 5.41) is 0. The fraction of sp³-hybridized carbons (Fsp3) is 0.600. The van der Waals surface area contributed by atoms with E-state index < -0.39 is 0 Å². The molecular formula is C10H16O. The van der Waals surface area contributed by atoms with Crippen molar-refractivity contribution in [3.8, 4) is 0 Å². The molecule has 0 aromatic carbocycles. The lowest BCUT2D eigenvalue weighted by Crippen LogP contribution is -2.01. The molecule has 1 aliphatic rings. The van der Waals surface area contributed by atoms with Crippen LogP contribution in [0.15, 0.2) is 24.3 Å². The van der Waals surface area contributed by atoms with Crippen LogP contribution in [0.1, 0.15) is 27.2 Å². The van der Waals surface area contributed by atoms with Gasteiger partial charge in [-0.3, -0.25) is 0 Å². The summed E-state index contributed by atoms with van der Waals surface area (Å²) in [4.78, 5) is 0. The monoisotopic (exact) mass is 152 g/mol. The van der Waals surface area contributed by atoms with E-state index in [0.717, 1.165) is 6.42 Å². The summed E-state index contributed by atoms with van der Waals surface area (Å²) in [6.45, 7) is 9.98. The average molecular weight is 152 g/mol. The lowest BCUT2D eigenvalue weighted by molar-refractivity contribution is 0.324. The molecule has 0 spiro atoms. The van der Waals surface area contributed by atoms with Gasteiger partial charge in [0.15, 0.2) is 0 Å². The van der Waals surface area contributed by atoms with Crippen LogP contribution in [-0.4, -0.2) is 11.7 Å². The standard InChI is InChI=1S/C10H16O/c1-5-8(2)6-7-9-10(3,4)11-9/h5-6,9H,1,7H2,2-4H3/b8-6+/t9-/m1/s1. The number of ether oxygens (including phenoxy) is 1. The molecule has 0 aliphatic carbocycles. The van der Waals surface area contributed by atoms with Gasteiger partial charge in [0.2, 0.25) is 0 Å². The number of allylic oxidation sites excluding steroid dienone is 2. The molecule has 1 atom stereocenters. The summed E-state index contributed by atoms with van der Waals surface area (Å²) in [7, 11) is 0. The Morgan fingerprint density at radius 2 is 2.18 bits per heavy atom. The summed E-state index contributed by atoms with van der Waals surface area (Å²) in [6.07, 6.45) is 5.49. The van der Waals surface area contributed by atoms with Crippen LogP contribution in [0.3, 0.4) is 0 Å². The van der Waals surface area contributed by atoms with Crippen LogP contribution in [0.2, 0.25) is 0 Å². The number of hydrogen-bond acceptors (Lipinski definition) is 1. The normalized spacial score (nSPS) is 28.3. The van der Waals surface area contributed by atoms with Crippen LogP contribution in [0.5, 0.6) is 0 Å². The molecular weight excluding hydrogens is 136 g/mol. The van der Waals surface area contributed by atoms with Gasteiger partial charge in [0.1, 0.15) is 0 Å². The first-order valence-corrected chi connectivity index (χ1v) is 4.03. The van der Waals surface area contributed by atoms with Crippen LogP contribution >= 0.6 is 0 Å². The first-order chi connectivity index (χ1) is 5.06. The lowest BCUT2D eigenvalue weighted by atomic mass is 10.1. The Hall–Kier alpha value is -0.560. The Morgan fingerprint density at radius 1 is 1.64 bits per heavy atom. The fourth-order valence-corrected chi connectivity index (χ4v) is 1.04. The van der Waals surface area contributed by atoms with Gasteiger partial charge in [-0.1, -0.05) is 24.3 Å². The summed E-state index contributed by atoms with van der Waals surface area (Å²) < 4.78 is 5.42. The van der Waals surface area contributed by atoms with E-state index in [1.807, 2.05) is 6.08 Å². The molecule has 1 rings (SSSR count). The second-order valence-electron chi connectivity index (χ2n) is 3.60. The molecule has 0 aromatic heterocycles. The maximum absolute atomic E-state index is 5.42. The third-order valence-electron chi connectivity index (χ3n) is 2.14. The molecule has 1 saturated heterocycles. The van der Waals surface area contributed by atoms with Gasteiger partial charge < -0.3 is 4.74 Å². The lowest BCUT2D eigenvalue weighted by Gasteiger charge is -1.92. The van der Waals surface area contributed by atoms with E-state index in [-0.39, 0.29) is 5.60 Å². The molecule has 0 saturated carbocycles. The molecule has 0 bridgehead atoms. The molecule has 11 heavy (non-hydrogen) atoms. The second kappa shape index (κ2) is 2.82. The molecule has 1 fully saturated rings. The Labute approximate surface area is 68.8 Å². The SMILES string of the molecule is C=C/C(C)=C/C[C@H]1OC1(C)C. The van der Waals surface area contributed by atoms with Crippen LogP contribution in [0, 0.1) is 0 Å². The molecule has 0 radical (unpaired) electrons. The minimum absolute atomic E-state index is 0.123. The molecule has 0 aromatic rings. The van der Waals surface area contributed by atoms with Gasteiger partial charge in [-0.15, -0.1) is 0 Å². The van der Waals surface area contributed by atoms with E-state index in [4.69, 9.17) is 4.74 Å². The Kier molecular flexibility index (Phi) is 2.19. The summed E-state index contributed by atoms with van der Waals surface area (Å²) in [5.41, 5.74) is 1.36. The predicted octanol–water partition coefficient (Wildman–Crippen LogP) is 2.69. The van der Waals surface area contributed by atoms with Gasteiger partial charge in [0.25, 0.3) is 0 Å². The highest BCUT2D eigenvalue weighted by Gasteiger charge is 2.46. The number of hydrogen-bond donors (Lipinski definition) is 0. The average Bonchev–Trinajstić information content (AvgIpc) is 2.54. The van der Waals surface area contributed by atoms with Crippen molar-refractivity contribution in [2.24, 2.45) is 0 Å². The van der Waals surface area contributed by atoms with Gasteiger partial charge >= 0.3 is 0 Å². The Balaban J connectivity index is 2.30. The van der Waals surface area contributed by atoms with Crippen LogP contribution in [0.25, 0.3) is 0 Å². The van der Waals surface area contributed by atoms with E-state index in [9.17, 15) is 0 Å². The molecule has 1 heteroatoms. The van der Waals surface area contributed by atoms with E-state index in [1.54, 1.807) is 0 Å². The van der Waals surface area contributed by atoms with E-state index in [0.29, 0.717) is 6.10 Å². The topological polar surface area (TPSA) is 12.5 Å². The Bertz CT molecular complexity index is 189.